The molecule has 2 N–H and O–H groups in total. The molecule has 2 aliphatic rings. The molecule has 5 rings (SSSR count). The van der Waals surface area contributed by atoms with Crippen molar-refractivity contribution in [3.63, 3.8) is 0 Å². The maximum absolute atomic E-state index is 13.8. The zero-order valence-corrected chi connectivity index (χ0v) is 20.4. The molecule has 0 fully saturated rings. The summed E-state index contributed by atoms with van der Waals surface area (Å²) in [6.45, 7) is 6.28. The Morgan fingerprint density at radius 2 is 1.86 bits per heavy atom. The average Bonchev–Trinajstić information content (AvgIpc) is 3.22. The van der Waals surface area contributed by atoms with Crippen molar-refractivity contribution >= 4 is 11.6 Å². The van der Waals surface area contributed by atoms with Crippen LogP contribution in [0.1, 0.15) is 67.7 Å². The zero-order valence-electron chi connectivity index (χ0n) is 20.4. The minimum absolute atomic E-state index is 0.0338. The van der Waals surface area contributed by atoms with Crippen molar-refractivity contribution < 1.29 is 14.6 Å². The lowest BCUT2D eigenvalue weighted by Crippen LogP contribution is -2.32. The van der Waals surface area contributed by atoms with Crippen LogP contribution in [0.3, 0.4) is 0 Å². The van der Waals surface area contributed by atoms with Crippen LogP contribution < -0.4 is 10.1 Å². The first-order valence-corrected chi connectivity index (χ1v) is 11.8. The quantitative estimate of drug-likeness (QED) is 0.509. The van der Waals surface area contributed by atoms with Gasteiger partial charge >= 0.3 is 0 Å². The number of hydrogen-bond donors (Lipinski definition) is 2. The summed E-state index contributed by atoms with van der Waals surface area (Å²) in [7, 11) is 1.50. The SMILES string of the molecule is COc1cc([C@@H]2C3=C(C[C@H](c4ccccc4)CC3=O)Nc3c2c(C#N)cn3C(C)(C)C)ccc1O. The second kappa shape index (κ2) is 8.35. The lowest BCUT2D eigenvalue weighted by Gasteiger charge is -2.37. The van der Waals surface area contributed by atoms with E-state index in [-0.39, 0.29) is 23.0 Å². The number of aromatic hydroxyl groups is 1. The fourth-order valence-corrected chi connectivity index (χ4v) is 5.40. The van der Waals surface area contributed by atoms with Crippen molar-refractivity contribution in [1.29, 1.82) is 5.26 Å². The van der Waals surface area contributed by atoms with E-state index in [1.807, 2.05) is 30.5 Å². The Kier molecular flexibility index (Phi) is 5.44. The second-order valence-corrected chi connectivity index (χ2v) is 10.3. The first kappa shape index (κ1) is 22.8. The third kappa shape index (κ3) is 3.77. The highest BCUT2D eigenvalue weighted by atomic mass is 16.5. The number of carbonyl (C=O) groups excluding carboxylic acids is 1. The molecule has 1 aliphatic heterocycles. The zero-order chi connectivity index (χ0) is 24.9. The molecule has 6 nitrogen and oxygen atoms in total. The molecule has 1 aromatic heterocycles. The van der Waals surface area contributed by atoms with Gasteiger partial charge in [0.05, 0.1) is 12.7 Å². The number of nitrogens with zero attached hydrogens (tertiary/aromatic N) is 2. The molecule has 2 heterocycles. The van der Waals surface area contributed by atoms with Crippen LogP contribution in [0, 0.1) is 11.3 Å². The summed E-state index contributed by atoms with van der Waals surface area (Å²) in [6, 6.07) is 17.7. The highest BCUT2D eigenvalue weighted by molar-refractivity contribution is 6.02. The van der Waals surface area contributed by atoms with Gasteiger partial charge in [-0.25, -0.2) is 0 Å². The van der Waals surface area contributed by atoms with Gasteiger partial charge in [0.1, 0.15) is 11.9 Å². The lowest BCUT2D eigenvalue weighted by atomic mass is 9.72. The first-order chi connectivity index (χ1) is 16.7. The van der Waals surface area contributed by atoms with E-state index < -0.39 is 5.92 Å². The molecule has 0 radical (unpaired) electrons. The molecule has 178 valence electrons. The van der Waals surface area contributed by atoms with E-state index in [0.29, 0.717) is 29.7 Å². The minimum Gasteiger partial charge on any atom is -0.504 e. The third-order valence-electron chi connectivity index (χ3n) is 7.05. The molecule has 0 saturated carbocycles. The summed E-state index contributed by atoms with van der Waals surface area (Å²) in [5, 5.41) is 23.9. The number of aromatic nitrogens is 1. The first-order valence-electron chi connectivity index (χ1n) is 11.8. The number of anilines is 1. The molecule has 35 heavy (non-hydrogen) atoms. The van der Waals surface area contributed by atoms with Gasteiger partial charge < -0.3 is 19.7 Å². The standard InChI is InChI=1S/C29H29N3O3/c1-29(2,3)32-16-20(15-30)26-25(18-10-11-22(33)24(14-18)35-4)27-21(31-28(26)32)12-19(13-23(27)34)17-8-6-5-7-9-17/h5-11,14,16,19,25,31,33H,12-13H2,1-4H3/t19-,25-/m0/s1. The predicted octanol–water partition coefficient (Wildman–Crippen LogP) is 5.79. The third-order valence-corrected chi connectivity index (χ3v) is 7.05. The van der Waals surface area contributed by atoms with Crippen LogP contribution in [0.5, 0.6) is 11.5 Å². The van der Waals surface area contributed by atoms with Gasteiger partial charge in [0.15, 0.2) is 17.3 Å². The number of ether oxygens (including phenoxy) is 1. The monoisotopic (exact) mass is 467 g/mol. The average molecular weight is 468 g/mol. The van der Waals surface area contributed by atoms with Crippen LogP contribution in [-0.2, 0) is 10.3 Å². The number of ketones is 1. The minimum atomic E-state index is -0.432. The van der Waals surface area contributed by atoms with Crippen molar-refractivity contribution in [2.45, 2.75) is 51.0 Å². The number of phenols is 1. The maximum Gasteiger partial charge on any atom is 0.162 e. The molecule has 0 amide bonds. The largest absolute Gasteiger partial charge is 0.504 e. The highest BCUT2D eigenvalue weighted by Gasteiger charge is 2.42. The van der Waals surface area contributed by atoms with Crippen LogP contribution in [0.15, 0.2) is 66.0 Å². The van der Waals surface area contributed by atoms with E-state index in [4.69, 9.17) is 4.74 Å². The number of fused-ring (bicyclic) bond motifs is 1. The molecular weight excluding hydrogens is 438 g/mol. The lowest BCUT2D eigenvalue weighted by molar-refractivity contribution is -0.116. The normalized spacial score (nSPS) is 19.5. The fourth-order valence-electron chi connectivity index (χ4n) is 5.40. The molecule has 0 spiro atoms. The van der Waals surface area contributed by atoms with Gasteiger partial charge in [0.25, 0.3) is 0 Å². The summed E-state index contributed by atoms with van der Waals surface area (Å²) < 4.78 is 7.47. The molecule has 0 saturated heterocycles. The Bertz CT molecular complexity index is 1390. The van der Waals surface area contributed by atoms with E-state index in [1.165, 1.54) is 7.11 Å². The molecular formula is C29H29N3O3. The van der Waals surface area contributed by atoms with E-state index in [2.05, 4.69) is 48.9 Å². The second-order valence-electron chi connectivity index (χ2n) is 10.3. The number of carbonyl (C=O) groups is 1. The Labute approximate surface area is 205 Å². The van der Waals surface area contributed by atoms with Crippen LogP contribution in [0.4, 0.5) is 5.82 Å². The summed E-state index contributed by atoms with van der Waals surface area (Å²) in [4.78, 5) is 13.8. The van der Waals surface area contributed by atoms with Gasteiger partial charge in [0, 0.05) is 40.9 Å². The molecule has 6 heteroatoms. The Morgan fingerprint density at radius 1 is 1.11 bits per heavy atom. The van der Waals surface area contributed by atoms with Crippen LogP contribution in [-0.4, -0.2) is 22.6 Å². The summed E-state index contributed by atoms with van der Waals surface area (Å²) in [5.74, 6) is 0.933. The Morgan fingerprint density at radius 3 is 2.51 bits per heavy atom. The van der Waals surface area contributed by atoms with Gasteiger partial charge in [-0.2, -0.15) is 5.26 Å². The van der Waals surface area contributed by atoms with Gasteiger partial charge in [-0.3, -0.25) is 4.79 Å². The summed E-state index contributed by atoms with van der Waals surface area (Å²) >= 11 is 0. The van der Waals surface area contributed by atoms with Gasteiger partial charge in [-0.15, -0.1) is 0 Å². The van der Waals surface area contributed by atoms with E-state index in [0.717, 1.165) is 28.2 Å². The topological polar surface area (TPSA) is 87.3 Å². The number of Topliss-reactive ketones (excluding diaryl/α,β-unsaturated/α-hetero) is 1. The summed E-state index contributed by atoms with van der Waals surface area (Å²) in [6.07, 6.45) is 2.99. The van der Waals surface area contributed by atoms with Crippen LogP contribution in [0.25, 0.3) is 0 Å². The predicted molar refractivity (Wildman–Crippen MR) is 135 cm³/mol. The molecule has 0 unspecified atom stereocenters. The van der Waals surface area contributed by atoms with Gasteiger partial charge in [-0.05, 0) is 56.4 Å². The number of phenolic OH excluding ortho intramolecular Hbond substituents is 1. The van der Waals surface area contributed by atoms with Crippen molar-refractivity contribution in [2.75, 3.05) is 12.4 Å². The molecule has 1 aliphatic carbocycles. The molecule has 3 aromatic rings. The molecule has 0 bridgehead atoms. The maximum atomic E-state index is 13.8. The number of rotatable bonds is 3. The summed E-state index contributed by atoms with van der Waals surface area (Å²) in [5.41, 5.74) is 4.59. The van der Waals surface area contributed by atoms with Crippen molar-refractivity contribution in [2.24, 2.45) is 0 Å². The highest BCUT2D eigenvalue weighted by Crippen LogP contribution is 2.51. The van der Waals surface area contributed by atoms with Gasteiger partial charge in [0.2, 0.25) is 0 Å². The number of hydrogen-bond acceptors (Lipinski definition) is 5. The fraction of sp³-hybridized carbons (Fsp3) is 0.310. The number of methoxy groups -OCH3 is 1. The van der Waals surface area contributed by atoms with Crippen molar-refractivity contribution in [3.8, 4) is 17.6 Å². The van der Waals surface area contributed by atoms with Crippen molar-refractivity contribution in [1.82, 2.24) is 4.57 Å². The van der Waals surface area contributed by atoms with E-state index in [1.54, 1.807) is 12.1 Å². The molecule has 2 aromatic carbocycles. The number of nitrogens with one attached hydrogen (secondary N) is 1. The Balaban J connectivity index is 1.74. The van der Waals surface area contributed by atoms with Crippen LogP contribution >= 0.6 is 0 Å². The van der Waals surface area contributed by atoms with Crippen molar-refractivity contribution in [3.05, 3.63) is 88.3 Å². The van der Waals surface area contributed by atoms with Crippen LogP contribution in [0.2, 0.25) is 0 Å². The van der Waals surface area contributed by atoms with Gasteiger partial charge in [-0.1, -0.05) is 36.4 Å². The van der Waals surface area contributed by atoms with E-state index in [9.17, 15) is 15.2 Å². The smallest absolute Gasteiger partial charge is 0.162 e. The number of nitriles is 1. The van der Waals surface area contributed by atoms with E-state index >= 15 is 0 Å². The Hall–Kier alpha value is -3.98. The number of allylic oxidation sites excluding steroid dienone is 2. The number of benzene rings is 2. The molecule has 2 atom stereocenters.